The number of ether oxygens (including phenoxy) is 2. The van der Waals surface area contributed by atoms with Gasteiger partial charge in [0.05, 0.1) is 13.2 Å². The van der Waals surface area contributed by atoms with Gasteiger partial charge >= 0.3 is 6.61 Å². The zero-order valence-corrected chi connectivity index (χ0v) is 11.6. The van der Waals surface area contributed by atoms with Crippen molar-refractivity contribution in [3.63, 3.8) is 0 Å². The lowest BCUT2D eigenvalue weighted by molar-refractivity contribution is -0.0499. The minimum absolute atomic E-state index is 0.0410. The van der Waals surface area contributed by atoms with Crippen LogP contribution in [0.2, 0.25) is 0 Å². The molecule has 0 radical (unpaired) electrons. The minimum Gasteiger partial charge on any atom is -0.435 e. The summed E-state index contributed by atoms with van der Waals surface area (Å²) in [5.41, 5.74) is 0.897. The smallest absolute Gasteiger partial charge is 0.387 e. The highest BCUT2D eigenvalue weighted by Crippen LogP contribution is 2.20. The van der Waals surface area contributed by atoms with Gasteiger partial charge in [0.2, 0.25) is 0 Å². The molecule has 0 saturated carbocycles. The number of halogens is 2. The lowest BCUT2D eigenvalue weighted by Crippen LogP contribution is -2.23. The molecule has 0 aliphatic carbocycles. The van der Waals surface area contributed by atoms with E-state index < -0.39 is 6.61 Å². The monoisotopic (exact) mass is 285 g/mol. The van der Waals surface area contributed by atoms with E-state index in [1.165, 1.54) is 6.07 Å². The predicted molar refractivity (Wildman–Crippen MR) is 75.1 cm³/mol. The first-order valence-electron chi connectivity index (χ1n) is 6.60. The van der Waals surface area contributed by atoms with Crippen molar-refractivity contribution >= 4 is 0 Å². The van der Waals surface area contributed by atoms with E-state index in [4.69, 9.17) is 4.74 Å². The van der Waals surface area contributed by atoms with Crippen LogP contribution in [0.15, 0.2) is 36.9 Å². The summed E-state index contributed by atoms with van der Waals surface area (Å²) in [4.78, 5) is 0. The zero-order valence-electron chi connectivity index (χ0n) is 11.6. The Bertz CT molecular complexity index is 399. The Morgan fingerprint density at radius 3 is 2.85 bits per heavy atom. The maximum Gasteiger partial charge on any atom is 0.387 e. The van der Waals surface area contributed by atoms with Gasteiger partial charge in [-0.25, -0.2) is 0 Å². The molecule has 0 saturated heterocycles. The van der Waals surface area contributed by atoms with Crippen LogP contribution in [-0.2, 0) is 4.74 Å². The van der Waals surface area contributed by atoms with Crippen LogP contribution < -0.4 is 10.1 Å². The van der Waals surface area contributed by atoms with Crippen LogP contribution in [0.25, 0.3) is 0 Å². The number of rotatable bonds is 10. The van der Waals surface area contributed by atoms with Crippen molar-refractivity contribution in [2.24, 2.45) is 0 Å². The van der Waals surface area contributed by atoms with Gasteiger partial charge in [0, 0.05) is 12.6 Å². The highest BCUT2D eigenvalue weighted by atomic mass is 19.3. The molecule has 0 fully saturated rings. The van der Waals surface area contributed by atoms with Gasteiger partial charge in [-0.3, -0.25) is 0 Å². The zero-order chi connectivity index (χ0) is 14.8. The topological polar surface area (TPSA) is 30.5 Å². The fraction of sp³-hybridized carbons (Fsp3) is 0.467. The molecule has 0 heterocycles. The molecule has 1 N–H and O–H groups in total. The molecule has 0 aromatic heterocycles. The van der Waals surface area contributed by atoms with Gasteiger partial charge in [0.15, 0.2) is 0 Å². The summed E-state index contributed by atoms with van der Waals surface area (Å²) in [5, 5.41) is 3.26. The molecular formula is C15H21F2NO2. The van der Waals surface area contributed by atoms with Crippen LogP contribution >= 0.6 is 0 Å². The van der Waals surface area contributed by atoms with Crippen LogP contribution in [0, 0.1) is 0 Å². The summed E-state index contributed by atoms with van der Waals surface area (Å²) in [7, 11) is 0. The van der Waals surface area contributed by atoms with Crippen molar-refractivity contribution in [1.82, 2.24) is 5.32 Å². The van der Waals surface area contributed by atoms with Gasteiger partial charge in [0.25, 0.3) is 0 Å². The largest absolute Gasteiger partial charge is 0.435 e. The Hall–Kier alpha value is -1.46. The van der Waals surface area contributed by atoms with Crippen molar-refractivity contribution in [1.29, 1.82) is 0 Å². The second-order valence-corrected chi connectivity index (χ2v) is 4.32. The first-order chi connectivity index (χ1) is 9.63. The average Bonchev–Trinajstić information content (AvgIpc) is 2.42. The van der Waals surface area contributed by atoms with Crippen LogP contribution in [0.3, 0.4) is 0 Å². The number of benzene rings is 1. The molecule has 0 aliphatic rings. The van der Waals surface area contributed by atoms with Crippen LogP contribution in [-0.4, -0.2) is 26.4 Å². The van der Waals surface area contributed by atoms with E-state index in [9.17, 15) is 8.78 Å². The van der Waals surface area contributed by atoms with Crippen molar-refractivity contribution in [2.45, 2.75) is 26.0 Å². The molecule has 1 rings (SSSR count). The third-order valence-corrected chi connectivity index (χ3v) is 2.75. The first-order valence-corrected chi connectivity index (χ1v) is 6.60. The lowest BCUT2D eigenvalue weighted by Gasteiger charge is -2.15. The van der Waals surface area contributed by atoms with Crippen molar-refractivity contribution in [2.75, 3.05) is 19.8 Å². The summed E-state index contributed by atoms with van der Waals surface area (Å²) in [6.45, 7) is 4.74. The Morgan fingerprint density at radius 2 is 2.15 bits per heavy atom. The summed E-state index contributed by atoms with van der Waals surface area (Å²) < 4.78 is 34.0. The van der Waals surface area contributed by atoms with E-state index >= 15 is 0 Å². The average molecular weight is 285 g/mol. The second kappa shape index (κ2) is 9.44. The second-order valence-electron chi connectivity index (χ2n) is 4.32. The van der Waals surface area contributed by atoms with Crippen molar-refractivity contribution in [3.05, 3.63) is 42.5 Å². The molecule has 20 heavy (non-hydrogen) atoms. The number of alkyl halides is 2. The lowest BCUT2D eigenvalue weighted by atomic mass is 10.1. The van der Waals surface area contributed by atoms with Gasteiger partial charge in [-0.1, -0.05) is 18.2 Å². The molecule has 0 amide bonds. The number of hydrogen-bond acceptors (Lipinski definition) is 3. The standard InChI is InChI=1S/C15H21F2NO2/c1-3-4-9-19-10-8-18-12(2)13-6-5-7-14(11-13)20-15(16)17/h3,5-7,11-12,15,18H,1,4,8-10H2,2H3. The Morgan fingerprint density at radius 1 is 1.35 bits per heavy atom. The summed E-state index contributed by atoms with van der Waals surface area (Å²) in [5.74, 6) is 0.174. The molecule has 1 aromatic carbocycles. The summed E-state index contributed by atoms with van der Waals surface area (Å²) >= 11 is 0. The van der Waals surface area contributed by atoms with Gasteiger partial charge in [0.1, 0.15) is 5.75 Å². The summed E-state index contributed by atoms with van der Waals surface area (Å²) in [6, 6.07) is 6.74. The van der Waals surface area contributed by atoms with E-state index in [-0.39, 0.29) is 11.8 Å². The molecule has 0 bridgehead atoms. The SMILES string of the molecule is C=CCCOCCNC(C)c1cccc(OC(F)F)c1. The molecule has 3 nitrogen and oxygen atoms in total. The van der Waals surface area contributed by atoms with E-state index in [2.05, 4.69) is 16.6 Å². The maximum atomic E-state index is 12.1. The Kier molecular flexibility index (Phi) is 7.84. The Labute approximate surface area is 118 Å². The van der Waals surface area contributed by atoms with Crippen LogP contribution in [0.1, 0.15) is 24.9 Å². The molecular weight excluding hydrogens is 264 g/mol. The molecule has 0 spiro atoms. The summed E-state index contributed by atoms with van der Waals surface area (Å²) in [6.07, 6.45) is 2.65. The van der Waals surface area contributed by atoms with Gasteiger partial charge in [-0.15, -0.1) is 6.58 Å². The fourth-order valence-electron chi connectivity index (χ4n) is 1.69. The van der Waals surface area contributed by atoms with E-state index in [0.717, 1.165) is 12.0 Å². The van der Waals surface area contributed by atoms with Gasteiger partial charge < -0.3 is 14.8 Å². The number of hydrogen-bond donors (Lipinski definition) is 1. The third kappa shape index (κ3) is 6.63. The highest BCUT2D eigenvalue weighted by Gasteiger charge is 2.08. The normalized spacial score (nSPS) is 12.4. The van der Waals surface area contributed by atoms with Crippen molar-refractivity contribution in [3.8, 4) is 5.75 Å². The maximum absolute atomic E-state index is 12.1. The van der Waals surface area contributed by atoms with Gasteiger partial charge in [-0.05, 0) is 31.0 Å². The van der Waals surface area contributed by atoms with E-state index in [0.29, 0.717) is 19.8 Å². The highest BCUT2D eigenvalue weighted by molar-refractivity contribution is 5.30. The van der Waals surface area contributed by atoms with E-state index in [1.54, 1.807) is 12.1 Å². The molecule has 0 aliphatic heterocycles. The van der Waals surface area contributed by atoms with Crippen LogP contribution in [0.5, 0.6) is 5.75 Å². The predicted octanol–water partition coefficient (Wildman–Crippen LogP) is 3.53. The molecule has 5 heteroatoms. The van der Waals surface area contributed by atoms with Gasteiger partial charge in [-0.2, -0.15) is 8.78 Å². The number of nitrogens with one attached hydrogen (secondary N) is 1. The van der Waals surface area contributed by atoms with Crippen LogP contribution in [0.4, 0.5) is 8.78 Å². The molecule has 112 valence electrons. The molecule has 1 aromatic rings. The quantitative estimate of drug-likeness (QED) is 0.527. The Balaban J connectivity index is 2.35. The minimum atomic E-state index is -2.80. The molecule has 1 unspecified atom stereocenters. The fourth-order valence-corrected chi connectivity index (χ4v) is 1.69. The first kappa shape index (κ1) is 16.6. The van der Waals surface area contributed by atoms with E-state index in [1.807, 2.05) is 19.1 Å². The molecule has 1 atom stereocenters. The van der Waals surface area contributed by atoms with Crippen molar-refractivity contribution < 1.29 is 18.3 Å². The third-order valence-electron chi connectivity index (χ3n) is 2.75.